The highest BCUT2D eigenvalue weighted by Crippen LogP contribution is 2.26. The largest absolute Gasteiger partial charge is 0.443 e. The summed E-state index contributed by atoms with van der Waals surface area (Å²) in [4.78, 5) is 30.8. The third-order valence-electron chi connectivity index (χ3n) is 3.73. The molecular formula is C20H18N2O3S. The summed E-state index contributed by atoms with van der Waals surface area (Å²) in [5.74, 6) is -0.921. The maximum atomic E-state index is 12.6. The number of carbonyl (C=O) groups excluding carboxylic acids is 2. The van der Waals surface area contributed by atoms with Crippen LogP contribution in [0.25, 0.3) is 10.6 Å². The lowest BCUT2D eigenvalue weighted by molar-refractivity contribution is -0.138. The van der Waals surface area contributed by atoms with Crippen LogP contribution in [0.4, 0.5) is 0 Å². The van der Waals surface area contributed by atoms with Gasteiger partial charge in [0.05, 0.1) is 0 Å². The number of thiazole rings is 1. The Labute approximate surface area is 155 Å². The zero-order valence-corrected chi connectivity index (χ0v) is 15.3. The van der Waals surface area contributed by atoms with E-state index in [4.69, 9.17) is 4.74 Å². The van der Waals surface area contributed by atoms with Crippen LogP contribution in [-0.2, 0) is 9.53 Å². The number of esters is 1. The molecule has 0 aliphatic carbocycles. The second-order valence-electron chi connectivity index (χ2n) is 5.83. The van der Waals surface area contributed by atoms with Crippen molar-refractivity contribution >= 4 is 23.2 Å². The highest BCUT2D eigenvalue weighted by molar-refractivity contribution is 7.13. The zero-order valence-electron chi connectivity index (χ0n) is 14.5. The molecule has 1 amide bonds. The van der Waals surface area contributed by atoms with Crippen molar-refractivity contribution in [3.05, 3.63) is 77.3 Å². The molecule has 2 aromatic carbocycles. The maximum absolute atomic E-state index is 12.6. The number of benzene rings is 2. The highest BCUT2D eigenvalue weighted by Gasteiger charge is 2.28. The van der Waals surface area contributed by atoms with E-state index in [1.54, 1.807) is 43.7 Å². The lowest BCUT2D eigenvalue weighted by Crippen LogP contribution is -2.31. The number of amides is 1. The molecule has 3 rings (SSSR count). The number of rotatable bonds is 5. The van der Waals surface area contributed by atoms with Crippen LogP contribution >= 0.6 is 11.3 Å². The van der Waals surface area contributed by atoms with Crippen LogP contribution in [0.2, 0.25) is 0 Å². The average Bonchev–Trinajstić information content (AvgIpc) is 3.17. The van der Waals surface area contributed by atoms with Crippen molar-refractivity contribution in [2.45, 2.75) is 6.10 Å². The quantitative estimate of drug-likeness (QED) is 0.645. The van der Waals surface area contributed by atoms with Crippen LogP contribution in [0.3, 0.4) is 0 Å². The molecule has 0 aliphatic rings. The Morgan fingerprint density at radius 1 is 1.00 bits per heavy atom. The maximum Gasteiger partial charge on any atom is 0.358 e. The fraction of sp³-hybridized carbons (Fsp3) is 0.150. The van der Waals surface area contributed by atoms with Gasteiger partial charge in [0, 0.05) is 30.6 Å². The minimum Gasteiger partial charge on any atom is -0.443 e. The molecule has 0 spiro atoms. The second-order valence-corrected chi connectivity index (χ2v) is 6.69. The zero-order chi connectivity index (χ0) is 18.5. The molecule has 132 valence electrons. The molecule has 1 aromatic heterocycles. The van der Waals surface area contributed by atoms with Gasteiger partial charge in [-0.15, -0.1) is 11.3 Å². The van der Waals surface area contributed by atoms with Crippen LogP contribution < -0.4 is 0 Å². The van der Waals surface area contributed by atoms with Gasteiger partial charge in [-0.05, 0) is 0 Å². The van der Waals surface area contributed by atoms with Crippen molar-refractivity contribution in [3.8, 4) is 10.6 Å². The van der Waals surface area contributed by atoms with Crippen LogP contribution in [0, 0.1) is 0 Å². The smallest absolute Gasteiger partial charge is 0.358 e. The SMILES string of the molecule is CN(C)C(=O)[C@@H](OC(=O)c1csc(-c2ccccc2)n1)c1ccccc1. The van der Waals surface area contributed by atoms with E-state index in [9.17, 15) is 9.59 Å². The molecule has 0 fully saturated rings. The summed E-state index contributed by atoms with van der Waals surface area (Å²) in [7, 11) is 3.25. The molecule has 0 aliphatic heterocycles. The van der Waals surface area contributed by atoms with Gasteiger partial charge in [0.25, 0.3) is 5.91 Å². The van der Waals surface area contributed by atoms with Crippen molar-refractivity contribution in [2.24, 2.45) is 0 Å². The van der Waals surface area contributed by atoms with Crippen molar-refractivity contribution in [2.75, 3.05) is 14.1 Å². The van der Waals surface area contributed by atoms with Gasteiger partial charge in [-0.25, -0.2) is 9.78 Å². The average molecular weight is 366 g/mol. The monoisotopic (exact) mass is 366 g/mol. The minimum atomic E-state index is -0.999. The third-order valence-corrected chi connectivity index (χ3v) is 4.62. The van der Waals surface area contributed by atoms with Gasteiger partial charge < -0.3 is 9.64 Å². The minimum absolute atomic E-state index is 0.196. The Bertz CT molecular complexity index is 892. The predicted octanol–water partition coefficient (Wildman–Crippen LogP) is 3.80. The van der Waals surface area contributed by atoms with Gasteiger partial charge in [0.2, 0.25) is 6.10 Å². The molecular weight excluding hydrogens is 348 g/mol. The van der Waals surface area contributed by atoms with Crippen LogP contribution in [0.5, 0.6) is 0 Å². The van der Waals surface area contributed by atoms with Crippen molar-refractivity contribution in [1.29, 1.82) is 0 Å². The summed E-state index contributed by atoms with van der Waals surface area (Å²) in [6.07, 6.45) is -0.999. The highest BCUT2D eigenvalue weighted by atomic mass is 32.1. The number of hydrogen-bond acceptors (Lipinski definition) is 5. The number of carbonyl (C=O) groups is 2. The van der Waals surface area contributed by atoms with Gasteiger partial charge >= 0.3 is 5.97 Å². The summed E-state index contributed by atoms with van der Waals surface area (Å²) in [5.41, 5.74) is 1.75. The summed E-state index contributed by atoms with van der Waals surface area (Å²) >= 11 is 1.36. The van der Waals surface area contributed by atoms with E-state index < -0.39 is 12.1 Å². The fourth-order valence-corrected chi connectivity index (χ4v) is 3.17. The summed E-state index contributed by atoms with van der Waals surface area (Å²) in [5, 5.41) is 2.38. The van der Waals surface area contributed by atoms with E-state index in [0.29, 0.717) is 5.56 Å². The van der Waals surface area contributed by atoms with Crippen molar-refractivity contribution in [3.63, 3.8) is 0 Å². The fourth-order valence-electron chi connectivity index (χ4n) is 2.37. The van der Waals surface area contributed by atoms with Crippen molar-refractivity contribution < 1.29 is 14.3 Å². The third kappa shape index (κ3) is 3.97. The van der Waals surface area contributed by atoms with E-state index in [1.165, 1.54) is 16.2 Å². The molecule has 0 saturated carbocycles. The van der Waals surface area contributed by atoms with E-state index in [1.807, 2.05) is 36.4 Å². The molecule has 1 atom stereocenters. The standard InChI is InChI=1S/C20H18N2O3S/c1-22(2)19(23)17(14-9-5-3-6-10-14)25-20(24)16-13-26-18(21-16)15-11-7-4-8-12-15/h3-13,17H,1-2H3/t17-/m0/s1. The molecule has 0 N–H and O–H groups in total. The van der Waals surface area contributed by atoms with Gasteiger partial charge in [-0.1, -0.05) is 60.7 Å². The number of likely N-dealkylation sites (N-methyl/N-ethyl adjacent to an activating group) is 1. The first-order valence-corrected chi connectivity index (χ1v) is 8.92. The number of ether oxygens (including phenoxy) is 1. The van der Waals surface area contributed by atoms with Gasteiger partial charge in [0.15, 0.2) is 5.69 Å². The number of nitrogens with zero attached hydrogens (tertiary/aromatic N) is 2. The van der Waals surface area contributed by atoms with Crippen LogP contribution in [-0.4, -0.2) is 35.9 Å². The Hall–Kier alpha value is -2.99. The Balaban J connectivity index is 1.82. The summed E-state index contributed by atoms with van der Waals surface area (Å²) in [6.45, 7) is 0. The predicted molar refractivity (Wildman–Crippen MR) is 101 cm³/mol. The van der Waals surface area contributed by atoms with E-state index in [2.05, 4.69) is 4.98 Å². The van der Waals surface area contributed by atoms with Gasteiger partial charge in [-0.3, -0.25) is 4.79 Å². The molecule has 3 aromatic rings. The normalized spacial score (nSPS) is 11.6. The van der Waals surface area contributed by atoms with E-state index in [-0.39, 0.29) is 11.6 Å². The van der Waals surface area contributed by atoms with Gasteiger partial charge in [0.1, 0.15) is 5.01 Å². The second kappa shape index (κ2) is 7.93. The molecule has 0 bridgehead atoms. The Morgan fingerprint density at radius 2 is 1.62 bits per heavy atom. The topological polar surface area (TPSA) is 59.5 Å². The first-order chi connectivity index (χ1) is 12.6. The molecule has 0 saturated heterocycles. The molecule has 6 heteroatoms. The molecule has 1 heterocycles. The Morgan fingerprint density at radius 3 is 2.23 bits per heavy atom. The first-order valence-electron chi connectivity index (χ1n) is 8.04. The summed E-state index contributed by atoms with van der Waals surface area (Å²) in [6, 6.07) is 18.6. The lowest BCUT2D eigenvalue weighted by atomic mass is 10.1. The van der Waals surface area contributed by atoms with Crippen LogP contribution in [0.1, 0.15) is 22.2 Å². The van der Waals surface area contributed by atoms with E-state index in [0.717, 1.165) is 10.6 Å². The van der Waals surface area contributed by atoms with Crippen LogP contribution in [0.15, 0.2) is 66.0 Å². The molecule has 0 unspecified atom stereocenters. The first kappa shape index (κ1) is 17.8. The van der Waals surface area contributed by atoms with Crippen molar-refractivity contribution in [1.82, 2.24) is 9.88 Å². The number of hydrogen-bond donors (Lipinski definition) is 0. The van der Waals surface area contributed by atoms with E-state index >= 15 is 0 Å². The Kier molecular flexibility index (Phi) is 5.43. The molecule has 0 radical (unpaired) electrons. The lowest BCUT2D eigenvalue weighted by Gasteiger charge is -2.20. The summed E-state index contributed by atoms with van der Waals surface area (Å²) < 4.78 is 5.51. The molecule has 26 heavy (non-hydrogen) atoms. The number of aromatic nitrogens is 1. The van der Waals surface area contributed by atoms with Gasteiger partial charge in [-0.2, -0.15) is 0 Å². The molecule has 5 nitrogen and oxygen atoms in total.